The first kappa shape index (κ1) is 14.1. The van der Waals surface area contributed by atoms with Crippen LogP contribution in [0.1, 0.15) is 18.1 Å². The summed E-state index contributed by atoms with van der Waals surface area (Å²) in [6, 6.07) is 7.85. The van der Waals surface area contributed by atoms with Crippen LogP contribution < -0.4 is 5.32 Å². The van der Waals surface area contributed by atoms with Gasteiger partial charge in [-0.3, -0.25) is 9.59 Å². The van der Waals surface area contributed by atoms with E-state index in [0.29, 0.717) is 11.3 Å². The van der Waals surface area contributed by atoms with Crippen molar-refractivity contribution in [1.29, 1.82) is 0 Å². The fourth-order valence-electron chi connectivity index (χ4n) is 2.17. The molecule has 1 saturated heterocycles. The van der Waals surface area contributed by atoms with Crippen molar-refractivity contribution < 1.29 is 14.3 Å². The van der Waals surface area contributed by atoms with Gasteiger partial charge in [-0.1, -0.05) is 37.8 Å². The molecule has 1 N–H and O–H groups in total. The van der Waals surface area contributed by atoms with Gasteiger partial charge < -0.3 is 10.1 Å². The number of rotatable bonds is 3. The van der Waals surface area contributed by atoms with E-state index in [4.69, 9.17) is 4.74 Å². The molecular formula is C16H17NO3. The average molecular weight is 271 g/mol. The summed E-state index contributed by atoms with van der Waals surface area (Å²) in [4.78, 5) is 23.6. The lowest BCUT2D eigenvalue weighted by atomic mass is 9.97. The Morgan fingerprint density at radius 3 is 2.60 bits per heavy atom. The van der Waals surface area contributed by atoms with Crippen molar-refractivity contribution in [3.63, 3.8) is 0 Å². The Hall–Kier alpha value is -2.36. The maximum atomic E-state index is 11.9. The summed E-state index contributed by atoms with van der Waals surface area (Å²) in [6.45, 7) is 5.78. The molecule has 1 aromatic rings. The minimum Gasteiger partial charge on any atom is -0.468 e. The van der Waals surface area contributed by atoms with Crippen LogP contribution in [0.25, 0.3) is 6.08 Å². The van der Waals surface area contributed by atoms with E-state index in [2.05, 4.69) is 18.8 Å². The fraction of sp³-hybridized carbons (Fsp3) is 0.250. The summed E-state index contributed by atoms with van der Waals surface area (Å²) in [7, 11) is 1.30. The third-order valence-corrected chi connectivity index (χ3v) is 3.34. The highest BCUT2D eigenvalue weighted by atomic mass is 16.5. The second-order valence-corrected chi connectivity index (χ2v) is 4.63. The first-order valence-electron chi connectivity index (χ1n) is 6.45. The molecule has 4 heteroatoms. The molecule has 1 heterocycles. The fourth-order valence-corrected chi connectivity index (χ4v) is 2.17. The van der Waals surface area contributed by atoms with Gasteiger partial charge in [-0.15, -0.1) is 0 Å². The lowest BCUT2D eigenvalue weighted by molar-refractivity contribution is -0.142. The Bertz CT molecular complexity index is 584. The maximum Gasteiger partial charge on any atom is 0.319 e. The molecule has 1 aliphatic rings. The molecule has 20 heavy (non-hydrogen) atoms. The number of nitrogens with one attached hydrogen (secondary N) is 1. The first-order chi connectivity index (χ1) is 9.56. The van der Waals surface area contributed by atoms with Crippen molar-refractivity contribution in [3.05, 3.63) is 53.2 Å². The van der Waals surface area contributed by atoms with Gasteiger partial charge in [0.2, 0.25) is 0 Å². The molecule has 1 fully saturated rings. The molecule has 0 aromatic heterocycles. The molecule has 1 aliphatic heterocycles. The number of benzene rings is 1. The lowest BCUT2D eigenvalue weighted by Gasteiger charge is -2.08. The Morgan fingerprint density at radius 2 is 2.05 bits per heavy atom. The third-order valence-electron chi connectivity index (χ3n) is 3.34. The second-order valence-electron chi connectivity index (χ2n) is 4.63. The summed E-state index contributed by atoms with van der Waals surface area (Å²) < 4.78 is 4.72. The number of methoxy groups -OCH3 is 1. The minimum absolute atomic E-state index is 0.301. The van der Waals surface area contributed by atoms with E-state index in [-0.39, 0.29) is 5.91 Å². The first-order valence-corrected chi connectivity index (χ1v) is 6.45. The molecule has 2 rings (SSSR count). The number of carbonyl (C=O) groups is 2. The van der Waals surface area contributed by atoms with Crippen LogP contribution in [0.2, 0.25) is 0 Å². The number of ether oxygens (including phenoxy) is 1. The molecule has 0 aliphatic carbocycles. The Kier molecular flexibility index (Phi) is 4.03. The largest absolute Gasteiger partial charge is 0.468 e. The summed E-state index contributed by atoms with van der Waals surface area (Å²) in [5, 5.41) is 2.57. The van der Waals surface area contributed by atoms with Gasteiger partial charge in [0.1, 0.15) is 5.92 Å². The predicted molar refractivity (Wildman–Crippen MR) is 76.6 cm³/mol. The normalized spacial score (nSPS) is 20.1. The van der Waals surface area contributed by atoms with E-state index >= 15 is 0 Å². The highest BCUT2D eigenvalue weighted by molar-refractivity contribution is 6.08. The van der Waals surface area contributed by atoms with E-state index in [1.165, 1.54) is 12.7 Å². The highest BCUT2D eigenvalue weighted by Gasteiger charge is 2.37. The molecule has 1 amide bonds. The van der Waals surface area contributed by atoms with Crippen molar-refractivity contribution in [3.8, 4) is 0 Å². The van der Waals surface area contributed by atoms with Gasteiger partial charge in [-0.2, -0.15) is 0 Å². The van der Waals surface area contributed by atoms with Crippen molar-refractivity contribution >= 4 is 18.0 Å². The van der Waals surface area contributed by atoms with Crippen molar-refractivity contribution in [2.45, 2.75) is 13.3 Å². The van der Waals surface area contributed by atoms with Gasteiger partial charge in [0.05, 0.1) is 7.11 Å². The third kappa shape index (κ3) is 2.64. The summed E-state index contributed by atoms with van der Waals surface area (Å²) in [5.41, 5.74) is 2.82. The number of esters is 1. The molecule has 4 nitrogen and oxygen atoms in total. The quantitative estimate of drug-likeness (QED) is 0.676. The van der Waals surface area contributed by atoms with Crippen molar-refractivity contribution in [2.75, 3.05) is 7.11 Å². The Balaban J connectivity index is 2.36. The zero-order chi connectivity index (χ0) is 14.7. The minimum atomic E-state index is -0.738. The monoisotopic (exact) mass is 271 g/mol. The van der Waals surface area contributed by atoms with Crippen LogP contribution in [0.15, 0.2) is 42.1 Å². The van der Waals surface area contributed by atoms with E-state index < -0.39 is 11.9 Å². The van der Waals surface area contributed by atoms with E-state index in [9.17, 15) is 9.59 Å². The maximum absolute atomic E-state index is 11.9. The smallest absolute Gasteiger partial charge is 0.319 e. The van der Waals surface area contributed by atoms with Gasteiger partial charge in [0, 0.05) is 11.3 Å². The molecule has 0 spiro atoms. The molecule has 0 bridgehead atoms. The molecule has 0 radical (unpaired) electrons. The molecule has 0 saturated carbocycles. The van der Waals surface area contributed by atoms with Gasteiger partial charge in [-0.05, 0) is 23.6 Å². The number of hydrogen-bond acceptors (Lipinski definition) is 3. The number of carbonyl (C=O) groups excluding carboxylic acids is 2. The predicted octanol–water partition coefficient (Wildman–Crippen LogP) is 2.07. The molecule has 104 valence electrons. The standard InChI is InChI=1S/C16H17NO3/c1-4-11-5-7-12(8-6-11)9-13-14(16(19)20-3)10(2)17-15(13)18/h5-9,14H,2,4H2,1,3H3,(H,17,18)/b13-9-/t14-/m0/s1. The van der Waals surface area contributed by atoms with Crippen LogP contribution in [0.3, 0.4) is 0 Å². The van der Waals surface area contributed by atoms with E-state index in [1.807, 2.05) is 24.3 Å². The topological polar surface area (TPSA) is 55.4 Å². The van der Waals surface area contributed by atoms with Crippen LogP contribution in [0.5, 0.6) is 0 Å². The number of amides is 1. The van der Waals surface area contributed by atoms with Gasteiger partial charge in [0.15, 0.2) is 0 Å². The van der Waals surface area contributed by atoms with Gasteiger partial charge in [-0.25, -0.2) is 0 Å². The van der Waals surface area contributed by atoms with Gasteiger partial charge in [0.25, 0.3) is 5.91 Å². The zero-order valence-corrected chi connectivity index (χ0v) is 11.6. The summed E-state index contributed by atoms with van der Waals surface area (Å²) in [5.74, 6) is -1.52. The summed E-state index contributed by atoms with van der Waals surface area (Å²) >= 11 is 0. The van der Waals surface area contributed by atoms with Crippen LogP contribution >= 0.6 is 0 Å². The second kappa shape index (κ2) is 5.74. The van der Waals surface area contributed by atoms with Crippen LogP contribution in [-0.2, 0) is 20.7 Å². The average Bonchev–Trinajstić information content (AvgIpc) is 2.73. The molecular weight excluding hydrogens is 254 g/mol. The van der Waals surface area contributed by atoms with Crippen LogP contribution in [0, 0.1) is 5.92 Å². The summed E-state index contributed by atoms with van der Waals surface area (Å²) in [6.07, 6.45) is 2.66. The highest BCUT2D eigenvalue weighted by Crippen LogP contribution is 2.28. The van der Waals surface area contributed by atoms with E-state index in [0.717, 1.165) is 12.0 Å². The van der Waals surface area contributed by atoms with Crippen LogP contribution in [0.4, 0.5) is 0 Å². The molecule has 1 atom stereocenters. The zero-order valence-electron chi connectivity index (χ0n) is 11.6. The molecule has 0 unspecified atom stereocenters. The molecule has 1 aromatic carbocycles. The SMILES string of the molecule is C=C1NC(=O)/C(=C\c2ccc(CC)cc2)[C@H]1C(=O)OC. The van der Waals surface area contributed by atoms with Crippen LogP contribution in [-0.4, -0.2) is 19.0 Å². The van der Waals surface area contributed by atoms with Crippen molar-refractivity contribution in [1.82, 2.24) is 5.32 Å². The Labute approximate surface area is 118 Å². The van der Waals surface area contributed by atoms with Crippen molar-refractivity contribution in [2.24, 2.45) is 5.92 Å². The number of hydrogen-bond donors (Lipinski definition) is 1. The number of aryl methyl sites for hydroxylation is 1. The Morgan fingerprint density at radius 1 is 1.40 bits per heavy atom. The van der Waals surface area contributed by atoms with E-state index in [1.54, 1.807) is 6.08 Å². The lowest BCUT2D eigenvalue weighted by Crippen LogP contribution is -2.17. The van der Waals surface area contributed by atoms with Gasteiger partial charge >= 0.3 is 5.97 Å².